The van der Waals surface area contributed by atoms with Gasteiger partial charge in [0.25, 0.3) is 5.91 Å². The Kier molecular flexibility index (Phi) is 5.62. The molecule has 1 atom stereocenters. The molecule has 0 saturated heterocycles. The zero-order valence-electron chi connectivity index (χ0n) is 10.5. The first-order valence-electron chi connectivity index (χ1n) is 5.84. The molecule has 18 heavy (non-hydrogen) atoms. The Labute approximate surface area is 115 Å². The largest absolute Gasteiger partial charge is 0.507 e. The van der Waals surface area contributed by atoms with Gasteiger partial charge in [-0.3, -0.25) is 4.79 Å². The van der Waals surface area contributed by atoms with Crippen LogP contribution in [0.2, 0.25) is 0 Å². The first-order valence-corrected chi connectivity index (χ1v) is 6.63. The lowest BCUT2D eigenvalue weighted by molar-refractivity contribution is 0.0905. The molecule has 1 aromatic rings. The summed E-state index contributed by atoms with van der Waals surface area (Å²) in [4.78, 5) is 12.0. The maximum absolute atomic E-state index is 12.0. The van der Waals surface area contributed by atoms with Crippen LogP contribution in [0.3, 0.4) is 0 Å². The minimum Gasteiger partial charge on any atom is -0.507 e. The van der Waals surface area contributed by atoms with Gasteiger partial charge in [0.2, 0.25) is 0 Å². The first kappa shape index (κ1) is 15.0. The number of rotatable bonds is 5. The Balaban J connectivity index is 2.77. The molecule has 3 N–H and O–H groups in total. The Hall–Kier alpha value is -1.07. The molecular weight excluding hydrogens is 298 g/mol. The van der Waals surface area contributed by atoms with Crippen molar-refractivity contribution < 1.29 is 15.0 Å². The van der Waals surface area contributed by atoms with Crippen LogP contribution in [0.25, 0.3) is 0 Å². The van der Waals surface area contributed by atoms with Crippen LogP contribution in [0.1, 0.15) is 30.6 Å². The fraction of sp³-hybridized carbons (Fsp3) is 0.462. The average molecular weight is 316 g/mol. The molecule has 1 aromatic carbocycles. The molecule has 5 heteroatoms. The fourth-order valence-corrected chi connectivity index (χ4v) is 2.06. The van der Waals surface area contributed by atoms with E-state index in [-0.39, 0.29) is 29.9 Å². The Bertz CT molecular complexity index is 421. The normalized spacial score (nSPS) is 12.5. The number of aliphatic hydroxyl groups excluding tert-OH is 1. The van der Waals surface area contributed by atoms with Crippen molar-refractivity contribution in [2.75, 3.05) is 6.61 Å². The highest BCUT2D eigenvalue weighted by Gasteiger charge is 2.17. The molecule has 0 heterocycles. The number of amides is 1. The van der Waals surface area contributed by atoms with Crippen molar-refractivity contribution in [3.05, 3.63) is 28.2 Å². The topological polar surface area (TPSA) is 69.6 Å². The summed E-state index contributed by atoms with van der Waals surface area (Å²) in [6.07, 6.45) is 0.691. The van der Waals surface area contributed by atoms with E-state index in [1.807, 2.05) is 13.8 Å². The van der Waals surface area contributed by atoms with E-state index in [9.17, 15) is 15.0 Å². The van der Waals surface area contributed by atoms with Crippen molar-refractivity contribution in [3.63, 3.8) is 0 Å². The molecule has 0 aromatic heterocycles. The van der Waals surface area contributed by atoms with Crippen LogP contribution in [-0.4, -0.2) is 28.8 Å². The van der Waals surface area contributed by atoms with Crippen LogP contribution < -0.4 is 5.32 Å². The van der Waals surface area contributed by atoms with Gasteiger partial charge in [-0.15, -0.1) is 0 Å². The molecule has 1 amide bonds. The number of hydrogen-bond donors (Lipinski definition) is 3. The molecule has 1 rings (SSSR count). The lowest BCUT2D eigenvalue weighted by atomic mass is 10.0. The number of hydrogen-bond acceptors (Lipinski definition) is 3. The quantitative estimate of drug-likeness (QED) is 0.781. The van der Waals surface area contributed by atoms with E-state index in [1.165, 1.54) is 6.07 Å². The van der Waals surface area contributed by atoms with Crippen molar-refractivity contribution in [2.24, 2.45) is 5.92 Å². The molecule has 0 bridgehead atoms. The molecule has 4 nitrogen and oxygen atoms in total. The molecule has 0 saturated carbocycles. The molecular formula is C13H18BrNO3. The molecule has 1 unspecified atom stereocenters. The average Bonchev–Trinajstić information content (AvgIpc) is 2.30. The Morgan fingerprint density at radius 1 is 1.44 bits per heavy atom. The molecule has 0 aliphatic rings. The van der Waals surface area contributed by atoms with E-state index in [1.54, 1.807) is 12.1 Å². The van der Waals surface area contributed by atoms with Crippen molar-refractivity contribution in [1.29, 1.82) is 0 Å². The van der Waals surface area contributed by atoms with Gasteiger partial charge < -0.3 is 15.5 Å². The maximum atomic E-state index is 12.0. The second-order valence-corrected chi connectivity index (χ2v) is 5.56. The number of halogens is 1. The van der Waals surface area contributed by atoms with Crippen LogP contribution in [0.5, 0.6) is 5.75 Å². The van der Waals surface area contributed by atoms with E-state index in [0.29, 0.717) is 12.3 Å². The molecule has 0 spiro atoms. The zero-order valence-corrected chi connectivity index (χ0v) is 12.1. The van der Waals surface area contributed by atoms with Gasteiger partial charge in [0.05, 0.1) is 18.2 Å². The molecule has 0 fully saturated rings. The first-order chi connectivity index (χ1) is 8.43. The van der Waals surface area contributed by atoms with Gasteiger partial charge in [0.15, 0.2) is 0 Å². The van der Waals surface area contributed by atoms with Crippen molar-refractivity contribution in [1.82, 2.24) is 5.32 Å². The van der Waals surface area contributed by atoms with Gasteiger partial charge >= 0.3 is 0 Å². The van der Waals surface area contributed by atoms with E-state index in [4.69, 9.17) is 0 Å². The minimum absolute atomic E-state index is 0.0723. The standard InChI is InChI=1S/C13H18BrNO3/c1-8(2)5-10(7-16)15-13(18)11-6-9(14)3-4-12(11)17/h3-4,6,8,10,16-17H,5,7H2,1-2H3,(H,15,18). The molecule has 0 radical (unpaired) electrons. The van der Waals surface area contributed by atoms with E-state index >= 15 is 0 Å². The van der Waals surface area contributed by atoms with Crippen LogP contribution in [0.15, 0.2) is 22.7 Å². The lowest BCUT2D eigenvalue weighted by Crippen LogP contribution is -2.38. The number of carbonyl (C=O) groups excluding carboxylic acids is 1. The van der Waals surface area contributed by atoms with E-state index < -0.39 is 0 Å². The van der Waals surface area contributed by atoms with E-state index in [0.717, 1.165) is 4.47 Å². The lowest BCUT2D eigenvalue weighted by Gasteiger charge is -2.18. The summed E-state index contributed by atoms with van der Waals surface area (Å²) < 4.78 is 0.717. The van der Waals surface area contributed by atoms with Gasteiger partial charge in [0.1, 0.15) is 5.75 Å². The van der Waals surface area contributed by atoms with Crippen LogP contribution in [0.4, 0.5) is 0 Å². The zero-order chi connectivity index (χ0) is 13.7. The number of phenols is 1. The third-order valence-electron chi connectivity index (χ3n) is 2.51. The van der Waals surface area contributed by atoms with Crippen molar-refractivity contribution in [2.45, 2.75) is 26.3 Å². The van der Waals surface area contributed by atoms with Crippen LogP contribution in [-0.2, 0) is 0 Å². The van der Waals surface area contributed by atoms with Crippen LogP contribution in [0, 0.1) is 5.92 Å². The second-order valence-electron chi connectivity index (χ2n) is 4.64. The van der Waals surface area contributed by atoms with Crippen LogP contribution >= 0.6 is 15.9 Å². The predicted octanol–water partition coefficient (Wildman–Crippen LogP) is 2.29. The number of benzene rings is 1. The number of aromatic hydroxyl groups is 1. The smallest absolute Gasteiger partial charge is 0.255 e. The number of phenolic OH excluding ortho intramolecular Hbond substituents is 1. The SMILES string of the molecule is CC(C)CC(CO)NC(=O)c1cc(Br)ccc1O. The molecule has 0 aliphatic carbocycles. The summed E-state index contributed by atoms with van der Waals surface area (Å²) in [5, 5.41) is 21.5. The molecule has 100 valence electrons. The summed E-state index contributed by atoms with van der Waals surface area (Å²) in [7, 11) is 0. The molecule has 0 aliphatic heterocycles. The van der Waals surface area contributed by atoms with Gasteiger partial charge in [0, 0.05) is 4.47 Å². The third-order valence-corrected chi connectivity index (χ3v) is 3.01. The summed E-state index contributed by atoms with van der Waals surface area (Å²) in [5.74, 6) is -0.0796. The maximum Gasteiger partial charge on any atom is 0.255 e. The number of carbonyl (C=O) groups is 1. The minimum atomic E-state index is -0.381. The highest BCUT2D eigenvalue weighted by molar-refractivity contribution is 9.10. The van der Waals surface area contributed by atoms with Crippen molar-refractivity contribution >= 4 is 21.8 Å². The summed E-state index contributed by atoms with van der Waals surface area (Å²) in [6.45, 7) is 3.93. The van der Waals surface area contributed by atoms with Gasteiger partial charge in [-0.1, -0.05) is 29.8 Å². The monoisotopic (exact) mass is 315 g/mol. The number of aliphatic hydroxyl groups is 1. The van der Waals surface area contributed by atoms with Gasteiger partial charge in [-0.05, 0) is 30.5 Å². The summed E-state index contributed by atoms with van der Waals surface area (Å²) in [5.41, 5.74) is 0.201. The van der Waals surface area contributed by atoms with E-state index in [2.05, 4.69) is 21.2 Å². The highest BCUT2D eigenvalue weighted by Crippen LogP contribution is 2.22. The number of nitrogens with one attached hydrogen (secondary N) is 1. The summed E-state index contributed by atoms with van der Waals surface area (Å²) >= 11 is 3.25. The Morgan fingerprint density at radius 3 is 2.67 bits per heavy atom. The third kappa shape index (κ3) is 4.31. The van der Waals surface area contributed by atoms with Gasteiger partial charge in [-0.2, -0.15) is 0 Å². The van der Waals surface area contributed by atoms with Crippen molar-refractivity contribution in [3.8, 4) is 5.75 Å². The predicted molar refractivity (Wildman–Crippen MR) is 73.6 cm³/mol. The highest BCUT2D eigenvalue weighted by atomic mass is 79.9. The fourth-order valence-electron chi connectivity index (χ4n) is 1.70. The second kappa shape index (κ2) is 6.75. The Morgan fingerprint density at radius 2 is 2.11 bits per heavy atom. The van der Waals surface area contributed by atoms with Gasteiger partial charge in [-0.25, -0.2) is 0 Å². The summed E-state index contributed by atoms with van der Waals surface area (Å²) in [6, 6.07) is 4.36.